The van der Waals surface area contributed by atoms with Crippen molar-refractivity contribution in [3.05, 3.63) is 34.9 Å². The molecule has 1 aromatic rings. The van der Waals surface area contributed by atoms with Crippen LogP contribution in [0.25, 0.3) is 0 Å². The van der Waals surface area contributed by atoms with E-state index in [2.05, 4.69) is 11.2 Å². The summed E-state index contributed by atoms with van der Waals surface area (Å²) < 4.78 is 0. The number of nitrogens with two attached hydrogens (primary N) is 1. The molecule has 0 heterocycles. The largest absolute Gasteiger partial charge is 0.340 e. The summed E-state index contributed by atoms with van der Waals surface area (Å²) in [6.07, 6.45) is 5.05. The number of carbonyl (C=O) groups excluding carboxylic acids is 1. The molecule has 3 nitrogen and oxygen atoms in total. The topological polar surface area (TPSA) is 45.7 Å². The summed E-state index contributed by atoms with van der Waals surface area (Å²) in [5.41, 5.74) is 1.03. The van der Waals surface area contributed by atoms with Gasteiger partial charge in [-0.3, -0.25) is 4.79 Å². The Morgan fingerprint density at radius 3 is 2.94 bits per heavy atom. The van der Waals surface area contributed by atoms with Gasteiger partial charge < -0.3 is 10.6 Å². The fourth-order valence-electron chi connectivity index (χ4n) is 1.48. The molecule has 0 saturated heterocycles. The van der Waals surface area contributed by atoms with E-state index < -0.39 is 0 Å². The van der Waals surface area contributed by atoms with Gasteiger partial charge in [-0.2, -0.15) is 0 Å². The predicted octanol–water partition coefficient (Wildman–Crippen LogP) is 0.714. The molecule has 3 N–H and O–H groups in total. The second kappa shape index (κ2) is 6.95. The van der Waals surface area contributed by atoms with E-state index in [4.69, 9.17) is 18.0 Å². The highest BCUT2D eigenvalue weighted by atomic mass is 35.5. The van der Waals surface area contributed by atoms with Gasteiger partial charge in [0.15, 0.2) is 6.54 Å². The molecule has 0 aromatic heterocycles. The maximum absolute atomic E-state index is 11.4. The number of quaternary nitrogens is 1. The number of nitrogens with one attached hydrogen (secondary N) is 1. The molecule has 0 bridgehead atoms. The van der Waals surface area contributed by atoms with Crippen molar-refractivity contribution in [2.45, 2.75) is 13.0 Å². The van der Waals surface area contributed by atoms with E-state index in [9.17, 15) is 4.79 Å². The summed E-state index contributed by atoms with van der Waals surface area (Å²) in [5.74, 6) is 2.29. The van der Waals surface area contributed by atoms with Crippen molar-refractivity contribution in [3.8, 4) is 12.3 Å². The molecular formula is C13H16ClN2O+. The monoisotopic (exact) mass is 251 g/mol. The number of halogens is 1. The summed E-state index contributed by atoms with van der Waals surface area (Å²) in [4.78, 5) is 11.4. The fraction of sp³-hybridized carbons (Fsp3) is 0.308. The van der Waals surface area contributed by atoms with E-state index >= 15 is 0 Å². The fourth-order valence-corrected chi connectivity index (χ4v) is 1.78. The Labute approximate surface area is 107 Å². The Morgan fingerprint density at radius 2 is 2.29 bits per heavy atom. The first-order valence-electron chi connectivity index (χ1n) is 5.43. The van der Waals surface area contributed by atoms with Crippen LogP contribution >= 0.6 is 11.6 Å². The molecule has 0 spiro atoms. The average Bonchev–Trinajstić information content (AvgIpc) is 2.34. The Balaban J connectivity index is 2.45. The minimum Gasteiger partial charge on any atom is -0.340 e. The van der Waals surface area contributed by atoms with Gasteiger partial charge in [-0.05, 0) is 13.0 Å². The highest BCUT2D eigenvalue weighted by molar-refractivity contribution is 6.31. The number of rotatable bonds is 5. The van der Waals surface area contributed by atoms with Crippen molar-refractivity contribution >= 4 is 17.5 Å². The Bertz CT molecular complexity index is 426. The van der Waals surface area contributed by atoms with E-state index in [-0.39, 0.29) is 18.5 Å². The first kappa shape index (κ1) is 13.6. The van der Waals surface area contributed by atoms with Gasteiger partial charge in [0.25, 0.3) is 5.91 Å². The molecule has 0 aliphatic heterocycles. The van der Waals surface area contributed by atoms with Crippen LogP contribution in [0.2, 0.25) is 5.02 Å². The predicted molar refractivity (Wildman–Crippen MR) is 68.5 cm³/mol. The van der Waals surface area contributed by atoms with E-state index in [1.165, 1.54) is 0 Å². The first-order valence-corrected chi connectivity index (χ1v) is 5.81. The normalized spacial score (nSPS) is 11.6. The Morgan fingerprint density at radius 1 is 1.59 bits per heavy atom. The second-order valence-electron chi connectivity index (χ2n) is 3.73. The summed E-state index contributed by atoms with van der Waals surface area (Å²) in [6, 6.07) is 7.77. The summed E-state index contributed by atoms with van der Waals surface area (Å²) >= 11 is 6.07. The van der Waals surface area contributed by atoms with Crippen LogP contribution in [-0.2, 0) is 4.79 Å². The van der Waals surface area contributed by atoms with Gasteiger partial charge in [-0.25, -0.2) is 0 Å². The van der Waals surface area contributed by atoms with Crippen LogP contribution in [-0.4, -0.2) is 19.0 Å². The number of terminal acetylenes is 1. The van der Waals surface area contributed by atoms with Crippen molar-refractivity contribution in [3.63, 3.8) is 0 Å². The SMILES string of the molecule is C#CCNC(=O)C[NH2+][C@@H](C)c1ccccc1Cl. The van der Waals surface area contributed by atoms with E-state index in [1.54, 1.807) is 0 Å². The van der Waals surface area contributed by atoms with Gasteiger partial charge in [0.05, 0.1) is 6.54 Å². The van der Waals surface area contributed by atoms with Crippen molar-refractivity contribution in [2.24, 2.45) is 0 Å². The minimum atomic E-state index is -0.0677. The molecule has 0 saturated carbocycles. The van der Waals surface area contributed by atoms with Crippen molar-refractivity contribution in [1.82, 2.24) is 5.32 Å². The number of hydrogen-bond acceptors (Lipinski definition) is 1. The number of amides is 1. The third-order valence-electron chi connectivity index (χ3n) is 2.44. The van der Waals surface area contributed by atoms with E-state index in [1.807, 2.05) is 36.5 Å². The molecule has 0 aliphatic carbocycles. The van der Waals surface area contributed by atoms with Gasteiger partial charge in [-0.1, -0.05) is 35.7 Å². The van der Waals surface area contributed by atoms with Crippen molar-refractivity contribution < 1.29 is 10.1 Å². The van der Waals surface area contributed by atoms with Crippen LogP contribution in [0.15, 0.2) is 24.3 Å². The molecule has 90 valence electrons. The molecule has 1 rings (SSSR count). The smallest absolute Gasteiger partial charge is 0.275 e. The lowest BCUT2D eigenvalue weighted by molar-refractivity contribution is -0.682. The summed E-state index contributed by atoms with van der Waals surface area (Å²) in [5, 5.41) is 5.26. The zero-order valence-corrected chi connectivity index (χ0v) is 10.5. The maximum Gasteiger partial charge on any atom is 0.275 e. The zero-order chi connectivity index (χ0) is 12.7. The van der Waals surface area contributed by atoms with Crippen LogP contribution in [0.5, 0.6) is 0 Å². The van der Waals surface area contributed by atoms with Gasteiger partial charge in [0.1, 0.15) is 6.04 Å². The Kier molecular flexibility index (Phi) is 5.55. The Hall–Kier alpha value is -1.50. The van der Waals surface area contributed by atoms with Gasteiger partial charge >= 0.3 is 0 Å². The molecule has 0 aliphatic rings. The summed E-state index contributed by atoms with van der Waals surface area (Å²) in [6.45, 7) is 2.62. The lowest BCUT2D eigenvalue weighted by Gasteiger charge is -2.12. The lowest BCUT2D eigenvalue weighted by atomic mass is 10.1. The molecular weight excluding hydrogens is 236 g/mol. The van der Waals surface area contributed by atoms with E-state index in [0.717, 1.165) is 10.6 Å². The molecule has 1 atom stereocenters. The third kappa shape index (κ3) is 4.48. The second-order valence-corrected chi connectivity index (χ2v) is 4.14. The van der Waals surface area contributed by atoms with Crippen LogP contribution in [0.3, 0.4) is 0 Å². The van der Waals surface area contributed by atoms with E-state index in [0.29, 0.717) is 6.54 Å². The van der Waals surface area contributed by atoms with Crippen molar-refractivity contribution in [1.29, 1.82) is 0 Å². The van der Waals surface area contributed by atoms with Crippen molar-refractivity contribution in [2.75, 3.05) is 13.1 Å². The number of carbonyl (C=O) groups is 1. The third-order valence-corrected chi connectivity index (χ3v) is 2.78. The molecule has 1 amide bonds. The van der Waals surface area contributed by atoms with Crippen LogP contribution < -0.4 is 10.6 Å². The number of benzene rings is 1. The zero-order valence-electron chi connectivity index (χ0n) is 9.74. The molecule has 17 heavy (non-hydrogen) atoms. The van der Waals surface area contributed by atoms with Gasteiger partial charge in [-0.15, -0.1) is 6.42 Å². The highest BCUT2D eigenvalue weighted by Crippen LogP contribution is 2.19. The molecule has 4 heteroatoms. The maximum atomic E-state index is 11.4. The van der Waals surface area contributed by atoms with Gasteiger partial charge in [0, 0.05) is 10.6 Å². The highest BCUT2D eigenvalue weighted by Gasteiger charge is 2.13. The molecule has 1 aromatic carbocycles. The standard InChI is InChI=1S/C13H15ClN2O/c1-3-8-15-13(17)9-16-10(2)11-6-4-5-7-12(11)14/h1,4-7,10,16H,8-9H2,2H3,(H,15,17)/p+1/t10-/m0/s1. The molecule has 0 unspecified atom stereocenters. The minimum absolute atomic E-state index is 0.0677. The number of hydrogen-bond donors (Lipinski definition) is 2. The van der Waals surface area contributed by atoms with Crippen LogP contribution in [0.1, 0.15) is 18.5 Å². The van der Waals surface area contributed by atoms with Gasteiger partial charge in [0.2, 0.25) is 0 Å². The van der Waals surface area contributed by atoms with Crippen LogP contribution in [0.4, 0.5) is 0 Å². The lowest BCUT2D eigenvalue weighted by Crippen LogP contribution is -2.87. The summed E-state index contributed by atoms with van der Waals surface area (Å²) in [7, 11) is 0. The molecule has 0 radical (unpaired) electrons. The molecule has 0 fully saturated rings. The quantitative estimate of drug-likeness (QED) is 0.744. The average molecular weight is 252 g/mol. The van der Waals surface area contributed by atoms with Crippen LogP contribution in [0, 0.1) is 12.3 Å². The first-order chi connectivity index (χ1) is 8.15.